The summed E-state index contributed by atoms with van der Waals surface area (Å²) in [5.41, 5.74) is 0.828. The fraction of sp³-hybridized carbons (Fsp3) is 0.200. The third-order valence-electron chi connectivity index (χ3n) is 4.28. The number of halogens is 1. The number of pyridine rings is 1. The Hall–Kier alpha value is -2.99. The van der Waals surface area contributed by atoms with Crippen molar-refractivity contribution in [3.63, 3.8) is 0 Å². The van der Waals surface area contributed by atoms with Gasteiger partial charge >= 0.3 is 0 Å². The van der Waals surface area contributed by atoms with Crippen LogP contribution in [0.15, 0.2) is 47.4 Å². The van der Waals surface area contributed by atoms with Crippen LogP contribution in [0.25, 0.3) is 10.9 Å². The number of fused-ring (bicyclic) bond motifs is 1. The first-order valence-corrected chi connectivity index (χ1v) is 8.72. The van der Waals surface area contributed by atoms with Crippen molar-refractivity contribution in [2.24, 2.45) is 0 Å². The highest BCUT2D eigenvalue weighted by molar-refractivity contribution is 6.31. The molecule has 3 aromatic rings. The quantitative estimate of drug-likeness (QED) is 0.721. The number of nitrogens with zero attached hydrogens (tertiary/aromatic N) is 1. The van der Waals surface area contributed by atoms with Gasteiger partial charge in [-0.3, -0.25) is 9.59 Å². The molecule has 3 rings (SSSR count). The summed E-state index contributed by atoms with van der Waals surface area (Å²) in [4.78, 5) is 25.7. The van der Waals surface area contributed by atoms with Gasteiger partial charge in [0.05, 0.1) is 25.4 Å². The van der Waals surface area contributed by atoms with Crippen molar-refractivity contribution >= 4 is 34.1 Å². The van der Waals surface area contributed by atoms with Crippen molar-refractivity contribution < 1.29 is 14.3 Å². The van der Waals surface area contributed by atoms with E-state index in [9.17, 15) is 9.59 Å². The fourth-order valence-electron chi connectivity index (χ4n) is 2.88. The van der Waals surface area contributed by atoms with Crippen LogP contribution in [-0.2, 0) is 6.54 Å². The first-order valence-electron chi connectivity index (χ1n) is 8.34. The van der Waals surface area contributed by atoms with E-state index in [1.54, 1.807) is 49.7 Å². The molecule has 1 heterocycles. The van der Waals surface area contributed by atoms with Gasteiger partial charge in [-0.25, -0.2) is 0 Å². The minimum atomic E-state index is -0.521. The van der Waals surface area contributed by atoms with Gasteiger partial charge in [0.25, 0.3) is 5.91 Å². The zero-order valence-electron chi connectivity index (χ0n) is 15.2. The van der Waals surface area contributed by atoms with E-state index in [2.05, 4.69) is 5.32 Å². The van der Waals surface area contributed by atoms with Gasteiger partial charge in [-0.1, -0.05) is 11.6 Å². The van der Waals surface area contributed by atoms with E-state index in [4.69, 9.17) is 21.1 Å². The fourth-order valence-corrected chi connectivity index (χ4v) is 3.06. The van der Waals surface area contributed by atoms with Crippen LogP contribution in [0.5, 0.6) is 11.5 Å². The zero-order valence-corrected chi connectivity index (χ0v) is 16.0. The number of methoxy groups -OCH3 is 2. The molecule has 0 atom stereocenters. The molecule has 0 radical (unpaired) electrons. The van der Waals surface area contributed by atoms with E-state index >= 15 is 0 Å². The molecule has 6 nitrogen and oxygen atoms in total. The van der Waals surface area contributed by atoms with Crippen molar-refractivity contribution in [1.82, 2.24) is 4.57 Å². The summed E-state index contributed by atoms with van der Waals surface area (Å²) in [6, 6.07) is 10.1. The highest BCUT2D eigenvalue weighted by atomic mass is 35.5. The number of hydrogen-bond donors (Lipinski definition) is 1. The lowest BCUT2D eigenvalue weighted by Gasteiger charge is -2.14. The molecule has 1 aromatic heterocycles. The summed E-state index contributed by atoms with van der Waals surface area (Å²) in [6.07, 6.45) is 1.56. The molecule has 1 N–H and O–H groups in total. The van der Waals surface area contributed by atoms with Gasteiger partial charge in [0, 0.05) is 29.2 Å². The second kappa shape index (κ2) is 7.72. The lowest BCUT2D eigenvalue weighted by atomic mass is 10.1. The van der Waals surface area contributed by atoms with Crippen LogP contribution >= 0.6 is 11.6 Å². The molecule has 0 spiro atoms. The largest absolute Gasteiger partial charge is 0.497 e. The molecular weight excluding hydrogens is 368 g/mol. The number of carbonyl (C=O) groups excluding carboxylic acids is 1. The highest BCUT2D eigenvalue weighted by Gasteiger charge is 2.17. The van der Waals surface area contributed by atoms with Gasteiger partial charge in [-0.2, -0.15) is 0 Å². The minimum absolute atomic E-state index is 0.0319. The number of hydrogen-bond acceptors (Lipinski definition) is 4. The van der Waals surface area contributed by atoms with Crippen LogP contribution in [0.1, 0.15) is 17.3 Å². The maximum atomic E-state index is 12.9. The van der Waals surface area contributed by atoms with Crippen molar-refractivity contribution in [2.45, 2.75) is 13.5 Å². The molecule has 140 valence electrons. The number of aromatic nitrogens is 1. The average Bonchev–Trinajstić information content (AvgIpc) is 2.68. The Morgan fingerprint density at radius 2 is 1.93 bits per heavy atom. The van der Waals surface area contributed by atoms with E-state index in [-0.39, 0.29) is 11.0 Å². The van der Waals surface area contributed by atoms with Crippen LogP contribution in [0.3, 0.4) is 0 Å². The minimum Gasteiger partial charge on any atom is -0.497 e. The van der Waals surface area contributed by atoms with E-state index in [1.165, 1.54) is 7.11 Å². The molecule has 0 fully saturated rings. The molecule has 1 amide bonds. The molecule has 0 aliphatic heterocycles. The number of rotatable bonds is 5. The van der Waals surface area contributed by atoms with Gasteiger partial charge in [-0.05, 0) is 37.3 Å². The highest BCUT2D eigenvalue weighted by Crippen LogP contribution is 2.29. The molecule has 0 bridgehead atoms. The molecule has 0 aliphatic rings. The smallest absolute Gasteiger partial charge is 0.261 e. The number of amides is 1. The molecule has 0 aliphatic carbocycles. The second-order valence-electron chi connectivity index (χ2n) is 5.84. The van der Waals surface area contributed by atoms with Gasteiger partial charge in [-0.15, -0.1) is 0 Å². The molecule has 0 unspecified atom stereocenters. The third kappa shape index (κ3) is 3.61. The summed E-state index contributed by atoms with van der Waals surface area (Å²) in [5, 5.41) is 3.58. The molecule has 2 aromatic carbocycles. The van der Waals surface area contributed by atoms with Crippen LogP contribution in [0.4, 0.5) is 5.69 Å². The van der Waals surface area contributed by atoms with Crippen LogP contribution in [0, 0.1) is 0 Å². The van der Waals surface area contributed by atoms with Crippen LogP contribution in [-0.4, -0.2) is 24.7 Å². The Kier molecular flexibility index (Phi) is 5.37. The summed E-state index contributed by atoms with van der Waals surface area (Å²) in [7, 11) is 3.03. The van der Waals surface area contributed by atoms with E-state index in [0.717, 1.165) is 5.52 Å². The SMILES string of the molecule is CCn1cc(C(=O)Nc2ccc(OC)cc2OC)c(=O)c2cc(Cl)ccc21. The average molecular weight is 387 g/mol. The van der Waals surface area contributed by atoms with Crippen LogP contribution in [0.2, 0.25) is 5.02 Å². The van der Waals surface area contributed by atoms with Gasteiger partial charge in [0.15, 0.2) is 0 Å². The van der Waals surface area contributed by atoms with Crippen molar-refractivity contribution in [2.75, 3.05) is 19.5 Å². The Morgan fingerprint density at radius 3 is 2.59 bits per heavy atom. The Bertz CT molecular complexity index is 1080. The second-order valence-corrected chi connectivity index (χ2v) is 6.28. The van der Waals surface area contributed by atoms with E-state index in [0.29, 0.717) is 34.1 Å². The normalized spacial score (nSPS) is 10.7. The first kappa shape index (κ1) is 18.8. The number of ether oxygens (including phenoxy) is 2. The molecular formula is C20H19ClN2O4. The third-order valence-corrected chi connectivity index (χ3v) is 4.52. The standard InChI is InChI=1S/C20H19ClN2O4/c1-4-23-11-15(19(24)14-9-12(21)5-8-17(14)23)20(25)22-16-7-6-13(26-2)10-18(16)27-3/h5-11H,4H2,1-3H3,(H,22,25). The maximum Gasteiger partial charge on any atom is 0.261 e. The Balaban J connectivity index is 2.06. The topological polar surface area (TPSA) is 69.6 Å². The van der Waals surface area contributed by atoms with E-state index < -0.39 is 5.91 Å². The van der Waals surface area contributed by atoms with Gasteiger partial charge in [0.1, 0.15) is 17.1 Å². The lowest BCUT2D eigenvalue weighted by molar-refractivity contribution is 0.102. The van der Waals surface area contributed by atoms with Crippen LogP contribution < -0.4 is 20.2 Å². The number of nitrogens with one attached hydrogen (secondary N) is 1. The number of benzene rings is 2. The maximum absolute atomic E-state index is 12.9. The lowest BCUT2D eigenvalue weighted by Crippen LogP contribution is -2.24. The summed E-state index contributed by atoms with van der Waals surface area (Å²) in [6.45, 7) is 2.54. The van der Waals surface area contributed by atoms with E-state index in [1.807, 2.05) is 11.5 Å². The monoisotopic (exact) mass is 386 g/mol. The van der Waals surface area contributed by atoms with Gasteiger partial charge < -0.3 is 19.4 Å². The zero-order chi connectivity index (χ0) is 19.6. The molecule has 0 saturated heterocycles. The summed E-state index contributed by atoms with van der Waals surface area (Å²) in [5.74, 6) is 0.508. The summed E-state index contributed by atoms with van der Waals surface area (Å²) >= 11 is 6.04. The first-order chi connectivity index (χ1) is 13.0. The Morgan fingerprint density at radius 1 is 1.15 bits per heavy atom. The van der Waals surface area contributed by atoms with Crippen molar-refractivity contribution in [1.29, 1.82) is 0 Å². The van der Waals surface area contributed by atoms with Crippen molar-refractivity contribution in [3.05, 3.63) is 63.4 Å². The predicted molar refractivity (Wildman–Crippen MR) is 106 cm³/mol. The molecule has 27 heavy (non-hydrogen) atoms. The Labute approximate surface area is 161 Å². The molecule has 7 heteroatoms. The summed E-state index contributed by atoms with van der Waals surface area (Å²) < 4.78 is 12.3. The van der Waals surface area contributed by atoms with Crippen molar-refractivity contribution in [3.8, 4) is 11.5 Å². The molecule has 0 saturated carbocycles. The number of carbonyl (C=O) groups is 1. The van der Waals surface area contributed by atoms with Gasteiger partial charge in [0.2, 0.25) is 5.43 Å². The predicted octanol–water partition coefficient (Wildman–Crippen LogP) is 3.94. The number of aryl methyl sites for hydroxylation is 1. The number of anilines is 1.